The second kappa shape index (κ2) is 8.94. The maximum Gasteiger partial charge on any atom is 0.243 e. The molecule has 1 heterocycles. The first-order valence-corrected chi connectivity index (χ1v) is 11.0. The number of rotatable bonds is 6. The number of amides is 1. The van der Waals surface area contributed by atoms with E-state index in [0.29, 0.717) is 42.5 Å². The summed E-state index contributed by atoms with van der Waals surface area (Å²) < 4.78 is 32.3. The lowest BCUT2D eigenvalue weighted by molar-refractivity contribution is -0.121. The molecule has 29 heavy (non-hydrogen) atoms. The van der Waals surface area contributed by atoms with Crippen LogP contribution in [0.15, 0.2) is 53.4 Å². The topological polar surface area (TPSA) is 79.0 Å². The summed E-state index contributed by atoms with van der Waals surface area (Å²) in [6.45, 7) is 5.46. The summed E-state index contributed by atoms with van der Waals surface area (Å²) in [6.07, 6.45) is 0. The fourth-order valence-electron chi connectivity index (χ4n) is 3.30. The van der Waals surface area contributed by atoms with Crippen LogP contribution < -0.4 is 10.1 Å². The van der Waals surface area contributed by atoms with E-state index in [-0.39, 0.29) is 11.9 Å². The summed E-state index contributed by atoms with van der Waals surface area (Å²) in [7, 11) is -1.94. The largest absolute Gasteiger partial charge is 0.497 e. The highest BCUT2D eigenvalue weighted by Gasteiger charge is 2.31. The highest BCUT2D eigenvalue weighted by molar-refractivity contribution is 7.89. The normalized spacial score (nSPS) is 16.9. The number of aryl methyl sites for hydroxylation is 1. The Morgan fingerprint density at radius 1 is 1.07 bits per heavy atom. The molecular weight excluding hydrogens is 390 g/mol. The van der Waals surface area contributed by atoms with Gasteiger partial charge in [0.15, 0.2) is 0 Å². The van der Waals surface area contributed by atoms with E-state index in [9.17, 15) is 13.2 Å². The van der Waals surface area contributed by atoms with Crippen LogP contribution in [0.25, 0.3) is 0 Å². The van der Waals surface area contributed by atoms with E-state index >= 15 is 0 Å². The first-order valence-electron chi connectivity index (χ1n) is 9.57. The highest BCUT2D eigenvalue weighted by atomic mass is 32.2. The Hall–Kier alpha value is -2.42. The van der Waals surface area contributed by atoms with Crippen molar-refractivity contribution >= 4 is 21.6 Å². The van der Waals surface area contributed by atoms with E-state index in [1.807, 2.05) is 30.9 Å². The molecule has 0 unspecified atom stereocenters. The van der Waals surface area contributed by atoms with Crippen molar-refractivity contribution < 1.29 is 17.9 Å². The van der Waals surface area contributed by atoms with E-state index in [0.717, 1.165) is 5.56 Å². The quantitative estimate of drug-likeness (QED) is 0.781. The fourth-order valence-corrected chi connectivity index (χ4v) is 4.73. The van der Waals surface area contributed by atoms with Gasteiger partial charge in [0.2, 0.25) is 15.9 Å². The molecule has 2 aromatic carbocycles. The minimum absolute atomic E-state index is 0.131. The molecule has 0 aromatic heterocycles. The summed E-state index contributed by atoms with van der Waals surface area (Å²) in [5.41, 5.74) is 1.69. The maximum atomic E-state index is 12.8. The third-order valence-electron chi connectivity index (χ3n) is 5.20. The number of nitrogens with zero attached hydrogens (tertiary/aromatic N) is 2. The molecule has 1 amide bonds. The summed E-state index contributed by atoms with van der Waals surface area (Å²) in [4.78, 5) is 14.9. The third-order valence-corrected chi connectivity index (χ3v) is 7.11. The van der Waals surface area contributed by atoms with Crippen LogP contribution in [0.2, 0.25) is 0 Å². The van der Waals surface area contributed by atoms with Gasteiger partial charge in [0, 0.05) is 37.9 Å². The van der Waals surface area contributed by atoms with Crippen LogP contribution in [0, 0.1) is 6.92 Å². The molecule has 2 aromatic rings. The number of piperazine rings is 1. The van der Waals surface area contributed by atoms with Gasteiger partial charge in [-0.3, -0.25) is 9.69 Å². The van der Waals surface area contributed by atoms with Crippen LogP contribution in [0.3, 0.4) is 0 Å². The molecule has 1 aliphatic rings. The number of carbonyl (C=O) groups excluding carboxylic acids is 1. The van der Waals surface area contributed by atoms with Crippen molar-refractivity contribution in [3.8, 4) is 5.75 Å². The maximum absolute atomic E-state index is 12.8. The number of hydrogen-bond acceptors (Lipinski definition) is 5. The lowest BCUT2D eigenvalue weighted by Gasteiger charge is -2.36. The summed E-state index contributed by atoms with van der Waals surface area (Å²) in [6, 6.07) is 13.7. The van der Waals surface area contributed by atoms with Gasteiger partial charge < -0.3 is 10.1 Å². The molecule has 7 nitrogen and oxygen atoms in total. The van der Waals surface area contributed by atoms with Crippen molar-refractivity contribution in [2.75, 3.05) is 38.6 Å². The van der Waals surface area contributed by atoms with Crippen LogP contribution >= 0.6 is 0 Å². The molecule has 8 heteroatoms. The molecule has 0 saturated carbocycles. The van der Waals surface area contributed by atoms with E-state index in [1.54, 1.807) is 43.5 Å². The van der Waals surface area contributed by atoms with Gasteiger partial charge in [-0.15, -0.1) is 0 Å². The first-order chi connectivity index (χ1) is 13.8. The van der Waals surface area contributed by atoms with Crippen LogP contribution in [-0.4, -0.2) is 62.9 Å². The number of carbonyl (C=O) groups is 1. The molecule has 0 aliphatic carbocycles. The molecule has 0 radical (unpaired) electrons. The molecule has 156 valence electrons. The van der Waals surface area contributed by atoms with Crippen LogP contribution in [0.5, 0.6) is 5.75 Å². The molecule has 1 fully saturated rings. The van der Waals surface area contributed by atoms with Crippen molar-refractivity contribution in [2.45, 2.75) is 24.8 Å². The SMILES string of the molecule is COc1cccc(NC(=O)[C@H](C)N2CCN(S(=O)(=O)c3ccc(C)cc3)CC2)c1. The monoisotopic (exact) mass is 417 g/mol. The number of sulfonamides is 1. The van der Waals surface area contributed by atoms with Gasteiger partial charge in [0.1, 0.15) is 5.75 Å². The number of hydrogen-bond donors (Lipinski definition) is 1. The molecule has 3 rings (SSSR count). The van der Waals surface area contributed by atoms with Crippen LogP contribution in [0.4, 0.5) is 5.69 Å². The van der Waals surface area contributed by atoms with E-state index < -0.39 is 10.0 Å². The van der Waals surface area contributed by atoms with Gasteiger partial charge in [-0.25, -0.2) is 8.42 Å². The lowest BCUT2D eigenvalue weighted by atomic mass is 10.2. The molecule has 1 aliphatic heterocycles. The molecule has 0 spiro atoms. The summed E-state index contributed by atoms with van der Waals surface area (Å²) in [5, 5.41) is 2.89. The molecule has 1 saturated heterocycles. The standard InChI is InChI=1S/C21H27N3O4S/c1-16-7-9-20(10-8-16)29(26,27)24-13-11-23(12-14-24)17(2)21(25)22-18-5-4-6-19(15-18)28-3/h4-10,15,17H,11-14H2,1-3H3,(H,22,25)/t17-/m0/s1. The van der Waals surface area contributed by atoms with Crippen molar-refractivity contribution in [2.24, 2.45) is 0 Å². The fraction of sp³-hybridized carbons (Fsp3) is 0.381. The lowest BCUT2D eigenvalue weighted by Crippen LogP contribution is -2.53. The predicted octanol–water partition coefficient (Wildman–Crippen LogP) is 2.34. The van der Waals surface area contributed by atoms with Crippen LogP contribution in [-0.2, 0) is 14.8 Å². The number of methoxy groups -OCH3 is 1. The first kappa shape index (κ1) is 21.3. The summed E-state index contributed by atoms with van der Waals surface area (Å²) >= 11 is 0. The zero-order chi connectivity index (χ0) is 21.0. The number of ether oxygens (including phenoxy) is 1. The Kier molecular flexibility index (Phi) is 6.56. The Bertz CT molecular complexity index is 952. The van der Waals surface area contributed by atoms with Gasteiger partial charge >= 0.3 is 0 Å². The Balaban J connectivity index is 1.59. The highest BCUT2D eigenvalue weighted by Crippen LogP contribution is 2.20. The van der Waals surface area contributed by atoms with Gasteiger partial charge in [0.25, 0.3) is 0 Å². The Morgan fingerprint density at radius 3 is 2.34 bits per heavy atom. The van der Waals surface area contributed by atoms with E-state index in [1.165, 1.54) is 4.31 Å². The molecule has 0 bridgehead atoms. The van der Waals surface area contributed by atoms with Crippen molar-refractivity contribution in [1.29, 1.82) is 0 Å². The average Bonchev–Trinajstić information content (AvgIpc) is 2.73. The predicted molar refractivity (Wildman–Crippen MR) is 113 cm³/mol. The molecule has 1 atom stereocenters. The zero-order valence-corrected chi connectivity index (χ0v) is 17.8. The van der Waals surface area contributed by atoms with Gasteiger partial charge in [-0.1, -0.05) is 23.8 Å². The third kappa shape index (κ3) is 4.95. The van der Waals surface area contributed by atoms with Gasteiger partial charge in [-0.05, 0) is 38.1 Å². The molecule has 1 N–H and O–H groups in total. The minimum atomic E-state index is -3.51. The average molecular weight is 418 g/mol. The van der Waals surface area contributed by atoms with Gasteiger partial charge in [0.05, 0.1) is 18.0 Å². The Morgan fingerprint density at radius 2 is 1.72 bits per heavy atom. The van der Waals surface area contributed by atoms with E-state index in [4.69, 9.17) is 4.74 Å². The number of benzene rings is 2. The second-order valence-electron chi connectivity index (χ2n) is 7.15. The van der Waals surface area contributed by atoms with Crippen molar-refractivity contribution in [3.63, 3.8) is 0 Å². The molecular formula is C21H27N3O4S. The van der Waals surface area contributed by atoms with Crippen molar-refractivity contribution in [1.82, 2.24) is 9.21 Å². The summed E-state index contributed by atoms with van der Waals surface area (Å²) in [5.74, 6) is 0.540. The second-order valence-corrected chi connectivity index (χ2v) is 9.09. The Labute approximate surface area is 172 Å². The minimum Gasteiger partial charge on any atom is -0.497 e. The van der Waals surface area contributed by atoms with Gasteiger partial charge in [-0.2, -0.15) is 4.31 Å². The van der Waals surface area contributed by atoms with Crippen molar-refractivity contribution in [3.05, 3.63) is 54.1 Å². The smallest absolute Gasteiger partial charge is 0.243 e. The number of nitrogens with one attached hydrogen (secondary N) is 1. The van der Waals surface area contributed by atoms with Crippen LogP contribution in [0.1, 0.15) is 12.5 Å². The van der Waals surface area contributed by atoms with E-state index in [2.05, 4.69) is 5.32 Å². The number of anilines is 1. The zero-order valence-electron chi connectivity index (χ0n) is 17.0.